The third-order valence-electron chi connectivity index (χ3n) is 3.91. The Labute approximate surface area is 135 Å². The number of thiophene rings is 1. The molecule has 1 heterocycles. The van der Waals surface area contributed by atoms with Gasteiger partial charge in [0, 0.05) is 10.9 Å². The molecule has 0 aliphatic heterocycles. The first-order valence-electron chi connectivity index (χ1n) is 8.07. The Kier molecular flexibility index (Phi) is 7.39. The molecule has 0 radical (unpaired) electrons. The normalized spacial score (nSPS) is 16.5. The first kappa shape index (κ1) is 17.0. The molecule has 1 aliphatic rings. The molecule has 0 unspecified atom stereocenters. The van der Waals surface area contributed by atoms with Crippen LogP contribution in [-0.2, 0) is 11.3 Å². The highest BCUT2D eigenvalue weighted by Crippen LogP contribution is 2.16. The fourth-order valence-electron chi connectivity index (χ4n) is 2.69. The highest BCUT2D eigenvalue weighted by molar-refractivity contribution is 7.09. The number of rotatable bonds is 5. The molecule has 0 saturated heterocycles. The summed E-state index contributed by atoms with van der Waals surface area (Å²) >= 11 is 1.58. The van der Waals surface area contributed by atoms with Gasteiger partial charge in [-0.2, -0.15) is 0 Å². The minimum absolute atomic E-state index is 0.205. The van der Waals surface area contributed by atoms with Gasteiger partial charge in [0.2, 0.25) is 5.91 Å². The smallest absolute Gasteiger partial charge is 0.321 e. The molecule has 5 nitrogen and oxygen atoms in total. The van der Waals surface area contributed by atoms with Gasteiger partial charge in [-0.05, 0) is 24.3 Å². The van der Waals surface area contributed by atoms with E-state index < -0.39 is 6.03 Å². The maximum Gasteiger partial charge on any atom is 0.321 e. The Morgan fingerprint density at radius 3 is 2.55 bits per heavy atom. The van der Waals surface area contributed by atoms with Crippen LogP contribution in [0.4, 0.5) is 4.79 Å². The summed E-state index contributed by atoms with van der Waals surface area (Å²) in [5.74, 6) is -0.272. The van der Waals surface area contributed by atoms with Crippen molar-refractivity contribution in [3.63, 3.8) is 0 Å². The fourth-order valence-corrected chi connectivity index (χ4v) is 3.34. The SMILES string of the molecule is O=C(CNC1CCCCCCC1)NC(=O)NCc1cccs1. The molecule has 0 atom stereocenters. The van der Waals surface area contributed by atoms with Crippen molar-refractivity contribution in [2.75, 3.05) is 6.54 Å². The number of hydrogen-bond donors (Lipinski definition) is 3. The molecule has 1 aliphatic carbocycles. The van der Waals surface area contributed by atoms with E-state index in [1.807, 2.05) is 17.5 Å². The van der Waals surface area contributed by atoms with Crippen LogP contribution in [0.1, 0.15) is 49.8 Å². The van der Waals surface area contributed by atoms with Crippen LogP contribution in [0.25, 0.3) is 0 Å². The second-order valence-corrected chi connectivity index (χ2v) is 6.77. The van der Waals surface area contributed by atoms with E-state index in [1.165, 1.54) is 32.1 Å². The lowest BCUT2D eigenvalue weighted by atomic mass is 9.97. The van der Waals surface area contributed by atoms with Crippen LogP contribution in [0.3, 0.4) is 0 Å². The number of urea groups is 1. The molecule has 0 spiro atoms. The van der Waals surface area contributed by atoms with Crippen LogP contribution in [0.15, 0.2) is 17.5 Å². The number of nitrogens with one attached hydrogen (secondary N) is 3. The Hall–Kier alpha value is -1.40. The second kappa shape index (κ2) is 9.58. The van der Waals surface area contributed by atoms with E-state index in [2.05, 4.69) is 16.0 Å². The van der Waals surface area contributed by atoms with Gasteiger partial charge in [0.15, 0.2) is 0 Å². The van der Waals surface area contributed by atoms with Crippen LogP contribution in [0.2, 0.25) is 0 Å². The van der Waals surface area contributed by atoms with E-state index in [1.54, 1.807) is 11.3 Å². The number of carbonyl (C=O) groups is 2. The molecular formula is C16H25N3O2S. The number of amides is 3. The van der Waals surface area contributed by atoms with Crippen LogP contribution in [0.5, 0.6) is 0 Å². The van der Waals surface area contributed by atoms with Crippen molar-refractivity contribution < 1.29 is 9.59 Å². The van der Waals surface area contributed by atoms with E-state index in [-0.39, 0.29) is 12.5 Å². The molecule has 0 bridgehead atoms. The lowest BCUT2D eigenvalue weighted by Gasteiger charge is -2.20. The van der Waals surface area contributed by atoms with Gasteiger partial charge in [0.1, 0.15) is 0 Å². The van der Waals surface area contributed by atoms with Crippen molar-refractivity contribution >= 4 is 23.3 Å². The average molecular weight is 323 g/mol. The summed E-state index contributed by atoms with van der Waals surface area (Å²) in [7, 11) is 0. The lowest BCUT2D eigenvalue weighted by molar-refractivity contribution is -0.119. The van der Waals surface area contributed by atoms with E-state index in [0.717, 1.165) is 17.7 Å². The number of imide groups is 1. The minimum Gasteiger partial charge on any atom is -0.333 e. The summed E-state index contributed by atoms with van der Waals surface area (Å²) in [5.41, 5.74) is 0. The molecule has 3 amide bonds. The zero-order chi connectivity index (χ0) is 15.6. The van der Waals surface area contributed by atoms with Crippen molar-refractivity contribution in [1.82, 2.24) is 16.0 Å². The summed E-state index contributed by atoms with van der Waals surface area (Å²) < 4.78 is 0. The van der Waals surface area contributed by atoms with E-state index >= 15 is 0 Å². The molecule has 1 aromatic heterocycles. The van der Waals surface area contributed by atoms with Gasteiger partial charge in [0.05, 0.1) is 13.1 Å². The Morgan fingerprint density at radius 2 is 1.86 bits per heavy atom. The largest absolute Gasteiger partial charge is 0.333 e. The molecule has 6 heteroatoms. The van der Waals surface area contributed by atoms with Crippen LogP contribution in [0, 0.1) is 0 Å². The van der Waals surface area contributed by atoms with Gasteiger partial charge in [0.25, 0.3) is 0 Å². The van der Waals surface area contributed by atoms with Crippen molar-refractivity contribution in [3.05, 3.63) is 22.4 Å². The zero-order valence-corrected chi connectivity index (χ0v) is 13.7. The lowest BCUT2D eigenvalue weighted by Crippen LogP contribution is -2.45. The number of hydrogen-bond acceptors (Lipinski definition) is 4. The Balaban J connectivity index is 1.60. The molecule has 1 aromatic rings. The van der Waals surface area contributed by atoms with Crippen molar-refractivity contribution in [3.8, 4) is 0 Å². The summed E-state index contributed by atoms with van der Waals surface area (Å²) in [4.78, 5) is 24.5. The number of carbonyl (C=O) groups excluding carboxylic acids is 2. The molecular weight excluding hydrogens is 298 g/mol. The predicted octanol–water partition coefficient (Wildman–Crippen LogP) is 2.78. The van der Waals surface area contributed by atoms with E-state index in [0.29, 0.717) is 12.6 Å². The molecule has 1 fully saturated rings. The Morgan fingerprint density at radius 1 is 1.14 bits per heavy atom. The van der Waals surface area contributed by atoms with Crippen molar-refractivity contribution in [1.29, 1.82) is 0 Å². The van der Waals surface area contributed by atoms with Crippen LogP contribution >= 0.6 is 11.3 Å². The molecule has 1 saturated carbocycles. The highest BCUT2D eigenvalue weighted by atomic mass is 32.1. The maximum atomic E-state index is 11.8. The second-order valence-electron chi connectivity index (χ2n) is 5.73. The minimum atomic E-state index is -0.433. The van der Waals surface area contributed by atoms with Crippen LogP contribution in [-0.4, -0.2) is 24.5 Å². The third kappa shape index (κ3) is 6.58. The predicted molar refractivity (Wildman–Crippen MR) is 88.8 cm³/mol. The monoisotopic (exact) mass is 323 g/mol. The Bertz CT molecular complexity index is 454. The highest BCUT2D eigenvalue weighted by Gasteiger charge is 2.13. The summed E-state index contributed by atoms with van der Waals surface area (Å²) in [6.07, 6.45) is 8.60. The summed E-state index contributed by atoms with van der Waals surface area (Å²) in [6, 6.07) is 3.85. The molecule has 0 aromatic carbocycles. The molecule has 3 N–H and O–H groups in total. The zero-order valence-electron chi connectivity index (χ0n) is 12.9. The van der Waals surface area contributed by atoms with Crippen molar-refractivity contribution in [2.24, 2.45) is 0 Å². The third-order valence-corrected chi connectivity index (χ3v) is 4.79. The quantitative estimate of drug-likeness (QED) is 0.780. The molecule has 122 valence electrons. The summed E-state index contributed by atoms with van der Waals surface area (Å²) in [5, 5.41) is 10.3. The summed E-state index contributed by atoms with van der Waals surface area (Å²) in [6.45, 7) is 0.657. The van der Waals surface area contributed by atoms with Crippen LogP contribution < -0.4 is 16.0 Å². The van der Waals surface area contributed by atoms with Crippen molar-refractivity contribution in [2.45, 2.75) is 57.5 Å². The van der Waals surface area contributed by atoms with Gasteiger partial charge in [-0.1, -0.05) is 38.2 Å². The standard InChI is InChI=1S/C16H25N3O2S/c20-15(12-17-13-7-4-2-1-3-5-8-13)19-16(21)18-11-14-9-6-10-22-14/h6,9-10,13,17H,1-5,7-8,11-12H2,(H2,18,19,20,21). The average Bonchev–Trinajstić information content (AvgIpc) is 2.97. The first-order valence-corrected chi connectivity index (χ1v) is 8.95. The van der Waals surface area contributed by atoms with Gasteiger partial charge in [-0.25, -0.2) is 4.79 Å². The van der Waals surface area contributed by atoms with E-state index in [9.17, 15) is 9.59 Å². The van der Waals surface area contributed by atoms with Gasteiger partial charge in [-0.15, -0.1) is 11.3 Å². The topological polar surface area (TPSA) is 70.2 Å². The van der Waals surface area contributed by atoms with Gasteiger partial charge >= 0.3 is 6.03 Å². The fraction of sp³-hybridized carbons (Fsp3) is 0.625. The maximum absolute atomic E-state index is 11.8. The van der Waals surface area contributed by atoms with Gasteiger partial charge < -0.3 is 10.6 Å². The van der Waals surface area contributed by atoms with Gasteiger partial charge in [-0.3, -0.25) is 10.1 Å². The van der Waals surface area contributed by atoms with E-state index in [4.69, 9.17) is 0 Å². The molecule has 22 heavy (non-hydrogen) atoms. The molecule has 2 rings (SSSR count). The first-order chi connectivity index (χ1) is 10.7.